The monoisotopic (exact) mass is 259 g/mol. The minimum Gasteiger partial charge on any atom is -0.396 e. The third kappa shape index (κ3) is 4.32. The zero-order valence-corrected chi connectivity index (χ0v) is 10.3. The maximum absolute atomic E-state index is 13.1. The molecule has 1 aromatic rings. The molecule has 0 saturated carbocycles. The summed E-state index contributed by atoms with van der Waals surface area (Å²) in [5.41, 5.74) is 0.239. The van der Waals surface area contributed by atoms with Gasteiger partial charge in [-0.05, 0) is 30.5 Å². The van der Waals surface area contributed by atoms with Crippen LogP contribution < -0.4 is 5.32 Å². The normalized spacial score (nSPS) is 12.2. The number of aliphatic hydroxyl groups excluding tert-OH is 1. The van der Waals surface area contributed by atoms with E-state index in [0.717, 1.165) is 6.07 Å². The molecule has 0 aliphatic heterocycles. The van der Waals surface area contributed by atoms with Crippen LogP contribution in [0.25, 0.3) is 0 Å². The van der Waals surface area contributed by atoms with E-state index < -0.39 is 5.82 Å². The van der Waals surface area contributed by atoms with Crippen LogP contribution in [-0.4, -0.2) is 24.2 Å². The maximum Gasteiger partial charge on any atom is 0.251 e. The summed E-state index contributed by atoms with van der Waals surface area (Å²) in [6, 6.07) is 3.93. The van der Waals surface area contributed by atoms with Crippen LogP contribution in [0.15, 0.2) is 18.2 Å². The highest BCUT2D eigenvalue weighted by atomic mass is 35.5. The second-order valence-corrected chi connectivity index (χ2v) is 4.36. The van der Waals surface area contributed by atoms with Crippen LogP contribution in [0.2, 0.25) is 5.02 Å². The average molecular weight is 260 g/mol. The zero-order chi connectivity index (χ0) is 12.8. The smallest absolute Gasteiger partial charge is 0.251 e. The van der Waals surface area contributed by atoms with Gasteiger partial charge in [-0.3, -0.25) is 4.79 Å². The van der Waals surface area contributed by atoms with Gasteiger partial charge in [0.2, 0.25) is 0 Å². The van der Waals surface area contributed by atoms with Crippen molar-refractivity contribution < 1.29 is 14.3 Å². The first-order valence-electron chi connectivity index (χ1n) is 5.38. The second kappa shape index (κ2) is 6.57. The molecule has 0 fully saturated rings. The van der Waals surface area contributed by atoms with E-state index in [4.69, 9.17) is 16.7 Å². The molecular formula is C12H15ClFNO2. The topological polar surface area (TPSA) is 49.3 Å². The van der Waals surface area contributed by atoms with Crippen LogP contribution in [-0.2, 0) is 0 Å². The molecule has 2 N–H and O–H groups in total. The third-order valence-corrected chi connectivity index (χ3v) is 2.72. The van der Waals surface area contributed by atoms with Gasteiger partial charge >= 0.3 is 0 Å². The Morgan fingerprint density at radius 1 is 1.59 bits per heavy atom. The maximum atomic E-state index is 13.1. The summed E-state index contributed by atoms with van der Waals surface area (Å²) < 4.78 is 13.1. The summed E-state index contributed by atoms with van der Waals surface area (Å²) in [6.07, 6.45) is 0.620. The lowest BCUT2D eigenvalue weighted by Crippen LogP contribution is -2.28. The fraction of sp³-hybridized carbons (Fsp3) is 0.417. The molecule has 1 unspecified atom stereocenters. The number of carbonyl (C=O) groups is 1. The van der Waals surface area contributed by atoms with Gasteiger partial charge in [-0.2, -0.15) is 0 Å². The number of halogens is 2. The SMILES string of the molecule is CC(CCO)CNC(=O)c1ccc(Cl)c(F)c1. The van der Waals surface area contributed by atoms with Crippen LogP contribution in [0.5, 0.6) is 0 Å². The van der Waals surface area contributed by atoms with E-state index in [1.807, 2.05) is 6.92 Å². The average Bonchev–Trinajstić information content (AvgIpc) is 2.30. The van der Waals surface area contributed by atoms with E-state index in [-0.39, 0.29) is 29.0 Å². The van der Waals surface area contributed by atoms with E-state index >= 15 is 0 Å². The van der Waals surface area contributed by atoms with Crippen LogP contribution in [0, 0.1) is 11.7 Å². The number of carbonyl (C=O) groups excluding carboxylic acids is 1. The van der Waals surface area contributed by atoms with Crippen LogP contribution in [0.3, 0.4) is 0 Å². The van der Waals surface area contributed by atoms with Crippen molar-refractivity contribution in [3.63, 3.8) is 0 Å². The summed E-state index contributed by atoms with van der Waals surface area (Å²) in [5.74, 6) is -0.769. The first-order chi connectivity index (χ1) is 8.04. The molecule has 0 saturated heterocycles. The van der Waals surface area contributed by atoms with Crippen molar-refractivity contribution >= 4 is 17.5 Å². The van der Waals surface area contributed by atoms with Gasteiger partial charge < -0.3 is 10.4 Å². The van der Waals surface area contributed by atoms with Gasteiger partial charge in [0.05, 0.1) is 5.02 Å². The molecule has 0 aliphatic carbocycles. The van der Waals surface area contributed by atoms with E-state index in [1.165, 1.54) is 12.1 Å². The fourth-order valence-corrected chi connectivity index (χ4v) is 1.45. The predicted octanol–water partition coefficient (Wildman–Crippen LogP) is 2.23. The largest absolute Gasteiger partial charge is 0.396 e. The first-order valence-corrected chi connectivity index (χ1v) is 5.76. The molecule has 0 aliphatic rings. The van der Waals surface area contributed by atoms with Crippen molar-refractivity contribution in [1.29, 1.82) is 0 Å². The van der Waals surface area contributed by atoms with E-state index in [9.17, 15) is 9.18 Å². The second-order valence-electron chi connectivity index (χ2n) is 3.96. The lowest BCUT2D eigenvalue weighted by Gasteiger charge is -2.11. The molecule has 1 amide bonds. The molecule has 1 rings (SSSR count). The Morgan fingerprint density at radius 2 is 2.29 bits per heavy atom. The van der Waals surface area contributed by atoms with Gasteiger partial charge in [-0.1, -0.05) is 18.5 Å². The van der Waals surface area contributed by atoms with Gasteiger partial charge in [0.25, 0.3) is 5.91 Å². The summed E-state index contributed by atoms with van der Waals surface area (Å²) in [4.78, 5) is 11.6. The highest BCUT2D eigenvalue weighted by Crippen LogP contribution is 2.15. The quantitative estimate of drug-likeness (QED) is 0.852. The molecule has 0 radical (unpaired) electrons. The number of hydrogen-bond acceptors (Lipinski definition) is 2. The zero-order valence-electron chi connectivity index (χ0n) is 9.54. The highest BCUT2D eigenvalue weighted by molar-refractivity contribution is 6.30. The lowest BCUT2D eigenvalue weighted by atomic mass is 10.1. The van der Waals surface area contributed by atoms with Crippen molar-refractivity contribution in [2.45, 2.75) is 13.3 Å². The number of aliphatic hydroxyl groups is 1. The Labute approximate surface area is 105 Å². The highest BCUT2D eigenvalue weighted by Gasteiger charge is 2.09. The molecule has 94 valence electrons. The number of hydrogen-bond donors (Lipinski definition) is 2. The Morgan fingerprint density at radius 3 is 2.88 bits per heavy atom. The molecule has 0 spiro atoms. The standard InChI is InChI=1S/C12H15ClFNO2/c1-8(4-5-16)7-15-12(17)9-2-3-10(13)11(14)6-9/h2-3,6,8,16H,4-5,7H2,1H3,(H,15,17). The number of benzene rings is 1. The van der Waals surface area contributed by atoms with Crippen LogP contribution in [0.4, 0.5) is 4.39 Å². The van der Waals surface area contributed by atoms with Crippen LogP contribution >= 0.6 is 11.6 Å². The van der Waals surface area contributed by atoms with Crippen LogP contribution in [0.1, 0.15) is 23.7 Å². The number of nitrogens with one attached hydrogen (secondary N) is 1. The number of amides is 1. The Balaban J connectivity index is 2.55. The van der Waals surface area contributed by atoms with Gasteiger partial charge in [0, 0.05) is 18.7 Å². The van der Waals surface area contributed by atoms with Gasteiger partial charge in [-0.25, -0.2) is 4.39 Å². The minimum absolute atomic E-state index is 0.00445. The Kier molecular flexibility index (Phi) is 5.38. The molecule has 0 heterocycles. The number of rotatable bonds is 5. The van der Waals surface area contributed by atoms with Crippen molar-refractivity contribution in [1.82, 2.24) is 5.32 Å². The Bertz CT molecular complexity index is 398. The molecule has 5 heteroatoms. The summed E-state index contributed by atoms with van der Waals surface area (Å²) in [5, 5.41) is 11.4. The van der Waals surface area contributed by atoms with E-state index in [1.54, 1.807) is 0 Å². The summed E-state index contributed by atoms with van der Waals surface area (Å²) in [7, 11) is 0. The van der Waals surface area contributed by atoms with Gasteiger partial charge in [0.1, 0.15) is 5.82 Å². The molecule has 0 aromatic heterocycles. The Hall–Kier alpha value is -1.13. The molecule has 1 atom stereocenters. The van der Waals surface area contributed by atoms with Crippen molar-refractivity contribution in [2.24, 2.45) is 5.92 Å². The van der Waals surface area contributed by atoms with E-state index in [2.05, 4.69) is 5.32 Å². The minimum atomic E-state index is -0.609. The molecule has 1 aromatic carbocycles. The van der Waals surface area contributed by atoms with Crippen molar-refractivity contribution in [2.75, 3.05) is 13.2 Å². The first kappa shape index (κ1) is 13.9. The van der Waals surface area contributed by atoms with Gasteiger partial charge in [0.15, 0.2) is 0 Å². The van der Waals surface area contributed by atoms with Crippen molar-refractivity contribution in [3.8, 4) is 0 Å². The fourth-order valence-electron chi connectivity index (χ4n) is 1.33. The molecule has 3 nitrogen and oxygen atoms in total. The predicted molar refractivity (Wildman–Crippen MR) is 64.6 cm³/mol. The lowest BCUT2D eigenvalue weighted by molar-refractivity contribution is 0.0945. The molecular weight excluding hydrogens is 245 g/mol. The summed E-state index contributed by atoms with van der Waals surface area (Å²) in [6.45, 7) is 2.45. The third-order valence-electron chi connectivity index (χ3n) is 2.41. The summed E-state index contributed by atoms with van der Waals surface area (Å²) >= 11 is 5.52. The van der Waals surface area contributed by atoms with Gasteiger partial charge in [-0.15, -0.1) is 0 Å². The van der Waals surface area contributed by atoms with Crippen molar-refractivity contribution in [3.05, 3.63) is 34.6 Å². The van der Waals surface area contributed by atoms with E-state index in [0.29, 0.717) is 13.0 Å². The molecule has 0 bridgehead atoms. The molecule has 17 heavy (non-hydrogen) atoms.